The van der Waals surface area contributed by atoms with Gasteiger partial charge in [-0.3, -0.25) is 0 Å². The van der Waals surface area contributed by atoms with Crippen LogP contribution in [0.3, 0.4) is 0 Å². The summed E-state index contributed by atoms with van der Waals surface area (Å²) in [4.78, 5) is 13.5. The van der Waals surface area contributed by atoms with Crippen LogP contribution < -0.4 is 4.90 Å². The number of aryl methyl sites for hydroxylation is 2. The van der Waals surface area contributed by atoms with Crippen LogP contribution in [0.25, 0.3) is 10.2 Å². The van der Waals surface area contributed by atoms with Gasteiger partial charge in [0.2, 0.25) is 0 Å². The molecule has 0 aliphatic rings. The van der Waals surface area contributed by atoms with Gasteiger partial charge in [0.1, 0.15) is 9.98 Å². The van der Waals surface area contributed by atoms with Gasteiger partial charge in [0.15, 0.2) is 5.82 Å². The Bertz CT molecular complexity index is 783. The Balaban J connectivity index is 1.95. The molecule has 2 heterocycles. The Kier molecular flexibility index (Phi) is 3.83. The molecule has 0 amide bonds. The fourth-order valence-corrected chi connectivity index (χ4v) is 3.73. The van der Waals surface area contributed by atoms with E-state index in [0.29, 0.717) is 11.7 Å². The van der Waals surface area contributed by atoms with Gasteiger partial charge in [0, 0.05) is 17.6 Å². The SMILES string of the molecule is Cc1sc2nc(CN(C)c3ccccc3)nc(Cl)c2c1C. The van der Waals surface area contributed by atoms with E-state index in [9.17, 15) is 0 Å². The predicted octanol–water partition coefficient (Wildman–Crippen LogP) is 4.60. The molecule has 0 saturated carbocycles. The minimum absolute atomic E-state index is 0.554. The number of rotatable bonds is 3. The van der Waals surface area contributed by atoms with Gasteiger partial charge in [-0.25, -0.2) is 9.97 Å². The standard InChI is InChI=1S/C16H16ClN3S/c1-10-11(2)21-16-14(10)15(17)18-13(19-16)9-20(3)12-7-5-4-6-8-12/h4-8H,9H2,1-3H3. The van der Waals surface area contributed by atoms with Crippen molar-refractivity contribution >= 4 is 38.8 Å². The molecule has 21 heavy (non-hydrogen) atoms. The fraction of sp³-hybridized carbons (Fsp3) is 0.250. The third-order valence-corrected chi connectivity index (χ3v) is 4.98. The van der Waals surface area contributed by atoms with Crippen LogP contribution in [0.5, 0.6) is 0 Å². The molecule has 108 valence electrons. The van der Waals surface area contributed by atoms with Crippen LogP contribution in [0.2, 0.25) is 5.15 Å². The van der Waals surface area contributed by atoms with Crippen molar-refractivity contribution in [2.75, 3.05) is 11.9 Å². The number of benzene rings is 1. The van der Waals surface area contributed by atoms with Crippen LogP contribution in [0.1, 0.15) is 16.3 Å². The molecule has 0 spiro atoms. The molecule has 0 bridgehead atoms. The van der Waals surface area contributed by atoms with Crippen LogP contribution in [-0.2, 0) is 6.54 Å². The predicted molar refractivity (Wildman–Crippen MR) is 90.4 cm³/mol. The fourth-order valence-electron chi connectivity index (χ4n) is 2.30. The van der Waals surface area contributed by atoms with Crippen LogP contribution >= 0.6 is 22.9 Å². The number of thiophene rings is 1. The lowest BCUT2D eigenvalue weighted by Crippen LogP contribution is -2.18. The van der Waals surface area contributed by atoms with E-state index < -0.39 is 0 Å². The minimum atomic E-state index is 0.554. The largest absolute Gasteiger partial charge is 0.367 e. The van der Waals surface area contributed by atoms with E-state index in [4.69, 9.17) is 11.6 Å². The van der Waals surface area contributed by atoms with E-state index in [2.05, 4.69) is 40.8 Å². The normalized spacial score (nSPS) is 11.0. The van der Waals surface area contributed by atoms with Crippen LogP contribution in [0.4, 0.5) is 5.69 Å². The molecule has 0 unspecified atom stereocenters. The second kappa shape index (κ2) is 5.62. The zero-order valence-corrected chi connectivity index (χ0v) is 13.8. The van der Waals surface area contributed by atoms with Crippen LogP contribution in [0, 0.1) is 13.8 Å². The number of para-hydroxylation sites is 1. The van der Waals surface area contributed by atoms with Crippen molar-refractivity contribution in [2.45, 2.75) is 20.4 Å². The molecule has 3 aromatic rings. The number of hydrogen-bond acceptors (Lipinski definition) is 4. The molecule has 5 heteroatoms. The van der Waals surface area contributed by atoms with Gasteiger partial charge < -0.3 is 4.90 Å². The average Bonchev–Trinajstić information content (AvgIpc) is 2.75. The van der Waals surface area contributed by atoms with Gasteiger partial charge in [-0.05, 0) is 31.5 Å². The second-order valence-corrected chi connectivity index (χ2v) is 6.65. The van der Waals surface area contributed by atoms with Gasteiger partial charge in [-0.15, -0.1) is 11.3 Å². The summed E-state index contributed by atoms with van der Waals surface area (Å²) in [7, 11) is 2.03. The highest BCUT2D eigenvalue weighted by Gasteiger charge is 2.14. The Morgan fingerprint density at radius 3 is 2.57 bits per heavy atom. The third-order valence-electron chi connectivity index (χ3n) is 3.61. The molecular weight excluding hydrogens is 302 g/mol. The van der Waals surface area contributed by atoms with E-state index in [0.717, 1.165) is 21.7 Å². The van der Waals surface area contributed by atoms with E-state index >= 15 is 0 Å². The molecule has 1 aromatic carbocycles. The summed E-state index contributed by atoms with van der Waals surface area (Å²) in [6.07, 6.45) is 0. The summed E-state index contributed by atoms with van der Waals surface area (Å²) < 4.78 is 0. The molecule has 0 fully saturated rings. The Morgan fingerprint density at radius 2 is 1.86 bits per heavy atom. The van der Waals surface area contributed by atoms with Crippen molar-refractivity contribution in [2.24, 2.45) is 0 Å². The van der Waals surface area contributed by atoms with E-state index in [1.165, 1.54) is 10.4 Å². The van der Waals surface area contributed by atoms with Gasteiger partial charge in [0.25, 0.3) is 0 Å². The van der Waals surface area contributed by atoms with Gasteiger partial charge in [-0.2, -0.15) is 0 Å². The van der Waals surface area contributed by atoms with Crippen molar-refractivity contribution in [3.05, 3.63) is 51.7 Å². The van der Waals surface area contributed by atoms with Gasteiger partial charge >= 0.3 is 0 Å². The Labute approximate surface area is 133 Å². The topological polar surface area (TPSA) is 29.0 Å². The molecule has 3 rings (SSSR count). The monoisotopic (exact) mass is 317 g/mol. The summed E-state index contributed by atoms with van der Waals surface area (Å²) in [5.74, 6) is 0.750. The number of anilines is 1. The number of nitrogens with zero attached hydrogens (tertiary/aromatic N) is 3. The van der Waals surface area contributed by atoms with E-state index in [-0.39, 0.29) is 0 Å². The van der Waals surface area contributed by atoms with Crippen molar-refractivity contribution in [1.82, 2.24) is 9.97 Å². The second-order valence-electron chi connectivity index (χ2n) is 5.09. The molecule has 0 aliphatic carbocycles. The first-order valence-corrected chi connectivity index (χ1v) is 7.94. The van der Waals surface area contributed by atoms with Crippen molar-refractivity contribution in [1.29, 1.82) is 0 Å². The number of aromatic nitrogens is 2. The molecular formula is C16H16ClN3S. The summed E-state index contributed by atoms with van der Waals surface area (Å²) in [5, 5.41) is 1.54. The molecule has 0 N–H and O–H groups in total. The van der Waals surface area contributed by atoms with Crippen molar-refractivity contribution < 1.29 is 0 Å². The summed E-state index contributed by atoms with van der Waals surface area (Å²) in [5.41, 5.74) is 2.32. The number of halogens is 1. The van der Waals surface area contributed by atoms with E-state index in [1.807, 2.05) is 25.2 Å². The molecule has 3 nitrogen and oxygen atoms in total. The zero-order valence-electron chi connectivity index (χ0n) is 12.2. The van der Waals surface area contributed by atoms with Crippen LogP contribution in [0.15, 0.2) is 30.3 Å². The first-order valence-electron chi connectivity index (χ1n) is 6.74. The summed E-state index contributed by atoms with van der Waals surface area (Å²) in [6, 6.07) is 10.2. The summed E-state index contributed by atoms with van der Waals surface area (Å²) in [6.45, 7) is 4.79. The first kappa shape index (κ1) is 14.3. The zero-order chi connectivity index (χ0) is 15.0. The highest BCUT2D eigenvalue weighted by atomic mass is 35.5. The summed E-state index contributed by atoms with van der Waals surface area (Å²) >= 11 is 8.02. The van der Waals surface area contributed by atoms with Crippen molar-refractivity contribution in [3.8, 4) is 0 Å². The van der Waals surface area contributed by atoms with Crippen LogP contribution in [-0.4, -0.2) is 17.0 Å². The highest BCUT2D eigenvalue weighted by Crippen LogP contribution is 2.33. The van der Waals surface area contributed by atoms with Gasteiger partial charge in [0.05, 0.1) is 11.9 Å². The smallest absolute Gasteiger partial charge is 0.151 e. The van der Waals surface area contributed by atoms with Crippen molar-refractivity contribution in [3.63, 3.8) is 0 Å². The quantitative estimate of drug-likeness (QED) is 0.661. The highest BCUT2D eigenvalue weighted by molar-refractivity contribution is 7.18. The molecule has 0 aliphatic heterocycles. The van der Waals surface area contributed by atoms with E-state index in [1.54, 1.807) is 11.3 Å². The molecule has 0 radical (unpaired) electrons. The average molecular weight is 318 g/mol. The maximum atomic E-state index is 6.35. The Morgan fingerprint density at radius 1 is 1.14 bits per heavy atom. The minimum Gasteiger partial charge on any atom is -0.367 e. The van der Waals surface area contributed by atoms with Gasteiger partial charge in [-0.1, -0.05) is 29.8 Å². The Hall–Kier alpha value is -1.65. The number of fused-ring (bicyclic) bond motifs is 1. The first-order chi connectivity index (χ1) is 10.1. The lowest BCUT2D eigenvalue weighted by molar-refractivity contribution is 0.849. The third kappa shape index (κ3) is 2.74. The maximum absolute atomic E-state index is 6.35. The molecule has 0 atom stereocenters. The maximum Gasteiger partial charge on any atom is 0.151 e. The number of hydrogen-bond donors (Lipinski definition) is 0. The molecule has 0 saturated heterocycles. The lowest BCUT2D eigenvalue weighted by atomic mass is 10.2. The molecule has 2 aromatic heterocycles. The lowest BCUT2D eigenvalue weighted by Gasteiger charge is -2.18.